The second-order valence-corrected chi connectivity index (χ2v) is 4.60. The van der Waals surface area contributed by atoms with E-state index in [1.54, 1.807) is 6.92 Å². The zero-order valence-corrected chi connectivity index (χ0v) is 10.4. The van der Waals surface area contributed by atoms with Gasteiger partial charge in [0.1, 0.15) is 12.0 Å². The van der Waals surface area contributed by atoms with Gasteiger partial charge in [0, 0.05) is 6.07 Å². The number of hydrogen-bond acceptors (Lipinski definition) is 4. The van der Waals surface area contributed by atoms with Crippen molar-refractivity contribution in [2.75, 3.05) is 5.43 Å². The summed E-state index contributed by atoms with van der Waals surface area (Å²) in [6.07, 6.45) is -0.587. The van der Waals surface area contributed by atoms with E-state index in [0.29, 0.717) is 5.69 Å². The summed E-state index contributed by atoms with van der Waals surface area (Å²) in [5.74, 6) is 0.874. The monoisotopic (exact) mass is 244 g/mol. The Labute approximate surface area is 105 Å². The minimum Gasteiger partial charge on any atom is -0.387 e. The Bertz CT molecular complexity index is 576. The SMILES string of the molecule is Cc1ccccc1C1NNc2cc(C(C)O)nn21. The number of anilines is 1. The third-order valence-corrected chi connectivity index (χ3v) is 3.25. The van der Waals surface area contributed by atoms with E-state index in [2.05, 4.69) is 35.0 Å². The summed E-state index contributed by atoms with van der Waals surface area (Å²) in [6, 6.07) is 10.0. The molecule has 0 aliphatic carbocycles. The number of aliphatic hydroxyl groups is 1. The van der Waals surface area contributed by atoms with Gasteiger partial charge >= 0.3 is 0 Å². The first-order valence-electron chi connectivity index (χ1n) is 6.01. The summed E-state index contributed by atoms with van der Waals surface area (Å²) >= 11 is 0. The highest BCUT2D eigenvalue weighted by Gasteiger charge is 2.26. The first-order chi connectivity index (χ1) is 8.66. The summed E-state index contributed by atoms with van der Waals surface area (Å²) in [4.78, 5) is 0. The topological polar surface area (TPSA) is 62.1 Å². The average molecular weight is 244 g/mol. The molecule has 5 nitrogen and oxygen atoms in total. The van der Waals surface area contributed by atoms with Crippen LogP contribution >= 0.6 is 0 Å². The largest absolute Gasteiger partial charge is 0.387 e. The lowest BCUT2D eigenvalue weighted by Crippen LogP contribution is -2.24. The van der Waals surface area contributed by atoms with Crippen molar-refractivity contribution in [2.24, 2.45) is 0 Å². The summed E-state index contributed by atoms with van der Waals surface area (Å²) in [5.41, 5.74) is 9.34. The van der Waals surface area contributed by atoms with E-state index in [1.807, 2.05) is 22.9 Å². The minimum atomic E-state index is -0.553. The lowest BCUT2D eigenvalue weighted by Gasteiger charge is -2.14. The van der Waals surface area contributed by atoms with Crippen LogP contribution in [-0.4, -0.2) is 14.9 Å². The van der Waals surface area contributed by atoms with Crippen LogP contribution in [0.15, 0.2) is 30.3 Å². The molecule has 5 heteroatoms. The van der Waals surface area contributed by atoms with Gasteiger partial charge in [-0.15, -0.1) is 0 Å². The van der Waals surface area contributed by atoms with Gasteiger partial charge in [-0.1, -0.05) is 24.3 Å². The smallest absolute Gasteiger partial charge is 0.146 e. The van der Waals surface area contributed by atoms with Gasteiger partial charge in [-0.3, -0.25) is 0 Å². The molecule has 0 bridgehead atoms. The molecule has 0 fully saturated rings. The molecule has 2 aromatic rings. The number of aromatic nitrogens is 2. The second kappa shape index (κ2) is 4.12. The van der Waals surface area contributed by atoms with Crippen molar-refractivity contribution in [3.8, 4) is 0 Å². The van der Waals surface area contributed by atoms with E-state index in [0.717, 1.165) is 5.82 Å². The first kappa shape index (κ1) is 11.3. The van der Waals surface area contributed by atoms with Gasteiger partial charge in [-0.05, 0) is 25.0 Å². The number of fused-ring (bicyclic) bond motifs is 1. The molecule has 2 atom stereocenters. The summed E-state index contributed by atoms with van der Waals surface area (Å²) in [5, 5.41) is 14.0. The standard InChI is InChI=1S/C13H16N4O/c1-8-5-3-4-6-10(8)13-15-14-12-7-11(9(2)18)16-17(12)13/h3-7,9,13-15,18H,1-2H3. The van der Waals surface area contributed by atoms with E-state index in [1.165, 1.54) is 11.1 Å². The number of nitrogens with zero attached hydrogens (tertiary/aromatic N) is 2. The molecule has 0 radical (unpaired) electrons. The summed E-state index contributed by atoms with van der Waals surface area (Å²) in [6.45, 7) is 3.79. The lowest BCUT2D eigenvalue weighted by molar-refractivity contribution is 0.192. The fourth-order valence-electron chi connectivity index (χ4n) is 2.21. The Morgan fingerprint density at radius 1 is 1.39 bits per heavy atom. The molecule has 0 saturated heterocycles. The van der Waals surface area contributed by atoms with Crippen molar-refractivity contribution in [3.63, 3.8) is 0 Å². The van der Waals surface area contributed by atoms with E-state index < -0.39 is 6.10 Å². The predicted octanol–water partition coefficient (Wildman–Crippen LogP) is 1.72. The number of benzene rings is 1. The van der Waals surface area contributed by atoms with Crippen LogP contribution in [0.5, 0.6) is 0 Å². The molecule has 3 rings (SSSR count). The Kier molecular flexibility index (Phi) is 2.57. The Hall–Kier alpha value is -1.85. The minimum absolute atomic E-state index is 0.0336. The van der Waals surface area contributed by atoms with Crippen LogP contribution in [0.2, 0.25) is 0 Å². The van der Waals surface area contributed by atoms with Crippen LogP contribution in [0.4, 0.5) is 5.82 Å². The molecule has 1 aliphatic rings. The van der Waals surface area contributed by atoms with Crippen LogP contribution in [0, 0.1) is 6.92 Å². The maximum atomic E-state index is 9.57. The number of hydrazine groups is 1. The average Bonchev–Trinajstić information content (AvgIpc) is 2.89. The van der Waals surface area contributed by atoms with E-state index in [9.17, 15) is 5.11 Å². The molecule has 0 saturated carbocycles. The molecule has 94 valence electrons. The third kappa shape index (κ3) is 1.68. The number of aliphatic hydroxyl groups excluding tert-OH is 1. The zero-order valence-electron chi connectivity index (χ0n) is 10.4. The lowest BCUT2D eigenvalue weighted by atomic mass is 10.1. The normalized spacial score (nSPS) is 19.4. The highest BCUT2D eigenvalue weighted by atomic mass is 16.3. The maximum Gasteiger partial charge on any atom is 0.146 e. The number of aryl methyl sites for hydroxylation is 1. The van der Waals surface area contributed by atoms with Gasteiger partial charge in [0.05, 0.1) is 11.8 Å². The van der Waals surface area contributed by atoms with Crippen molar-refractivity contribution in [2.45, 2.75) is 26.1 Å². The molecule has 3 N–H and O–H groups in total. The zero-order chi connectivity index (χ0) is 12.7. The quantitative estimate of drug-likeness (QED) is 0.752. The molecule has 1 aliphatic heterocycles. The van der Waals surface area contributed by atoms with Gasteiger partial charge in [0.2, 0.25) is 0 Å². The third-order valence-electron chi connectivity index (χ3n) is 3.25. The maximum absolute atomic E-state index is 9.57. The van der Waals surface area contributed by atoms with Crippen molar-refractivity contribution < 1.29 is 5.11 Å². The Morgan fingerprint density at radius 3 is 2.89 bits per heavy atom. The van der Waals surface area contributed by atoms with Crippen LogP contribution in [0.25, 0.3) is 0 Å². The number of nitrogens with one attached hydrogen (secondary N) is 2. The van der Waals surface area contributed by atoms with Crippen molar-refractivity contribution in [3.05, 3.63) is 47.2 Å². The molecule has 2 heterocycles. The fourth-order valence-corrected chi connectivity index (χ4v) is 2.21. The number of rotatable bonds is 2. The fraction of sp³-hybridized carbons (Fsp3) is 0.308. The van der Waals surface area contributed by atoms with E-state index in [4.69, 9.17) is 0 Å². The van der Waals surface area contributed by atoms with Crippen LogP contribution < -0.4 is 10.9 Å². The molecule has 1 aromatic carbocycles. The van der Waals surface area contributed by atoms with E-state index >= 15 is 0 Å². The van der Waals surface area contributed by atoms with Crippen LogP contribution in [0.3, 0.4) is 0 Å². The van der Waals surface area contributed by atoms with Crippen LogP contribution in [0.1, 0.15) is 36.0 Å². The first-order valence-corrected chi connectivity index (χ1v) is 6.01. The van der Waals surface area contributed by atoms with Gasteiger partial charge in [-0.25, -0.2) is 10.1 Å². The summed E-state index contributed by atoms with van der Waals surface area (Å²) < 4.78 is 1.87. The van der Waals surface area contributed by atoms with Crippen molar-refractivity contribution in [1.29, 1.82) is 0 Å². The molecule has 0 amide bonds. The van der Waals surface area contributed by atoms with Crippen LogP contribution in [-0.2, 0) is 0 Å². The predicted molar refractivity (Wildman–Crippen MR) is 68.9 cm³/mol. The molecular formula is C13H16N4O. The van der Waals surface area contributed by atoms with Gasteiger partial charge in [-0.2, -0.15) is 5.10 Å². The Morgan fingerprint density at radius 2 is 2.17 bits per heavy atom. The molecule has 2 unspecified atom stereocenters. The highest BCUT2D eigenvalue weighted by Crippen LogP contribution is 2.29. The van der Waals surface area contributed by atoms with Gasteiger partial charge in [0.25, 0.3) is 0 Å². The highest BCUT2D eigenvalue weighted by molar-refractivity contribution is 5.43. The van der Waals surface area contributed by atoms with Gasteiger partial charge in [0.15, 0.2) is 0 Å². The molecule has 0 spiro atoms. The molecular weight excluding hydrogens is 228 g/mol. The van der Waals surface area contributed by atoms with Gasteiger partial charge < -0.3 is 10.5 Å². The molecule has 1 aromatic heterocycles. The van der Waals surface area contributed by atoms with E-state index in [-0.39, 0.29) is 6.17 Å². The molecule has 18 heavy (non-hydrogen) atoms. The van der Waals surface area contributed by atoms with Crippen molar-refractivity contribution >= 4 is 5.82 Å². The second-order valence-electron chi connectivity index (χ2n) is 4.60. The van der Waals surface area contributed by atoms with Crippen molar-refractivity contribution in [1.82, 2.24) is 15.2 Å². The summed E-state index contributed by atoms with van der Waals surface area (Å²) in [7, 11) is 0. The number of hydrogen-bond donors (Lipinski definition) is 3. The Balaban J connectivity index is 2.02.